The first kappa shape index (κ1) is 17.0. The Bertz CT molecular complexity index is 682. The summed E-state index contributed by atoms with van der Waals surface area (Å²) in [5, 5.41) is 12.0. The van der Waals surface area contributed by atoms with E-state index < -0.39 is 5.97 Å². The van der Waals surface area contributed by atoms with Crippen molar-refractivity contribution in [3.8, 4) is 11.5 Å². The van der Waals surface area contributed by atoms with Crippen molar-refractivity contribution in [3.05, 3.63) is 41.2 Å². The quantitative estimate of drug-likeness (QED) is 0.811. The summed E-state index contributed by atoms with van der Waals surface area (Å²) in [6.07, 6.45) is 1.53. The number of halogens is 1. The summed E-state index contributed by atoms with van der Waals surface area (Å²) in [5.41, 5.74) is 1.29. The molecule has 6 nitrogen and oxygen atoms in total. The fourth-order valence-electron chi connectivity index (χ4n) is 2.00. The van der Waals surface area contributed by atoms with Crippen LogP contribution in [0.2, 0.25) is 5.02 Å². The molecule has 0 saturated heterocycles. The molecule has 2 aromatic rings. The number of carboxylic acids is 1. The van der Waals surface area contributed by atoms with Gasteiger partial charge in [-0.2, -0.15) is 0 Å². The van der Waals surface area contributed by atoms with E-state index in [0.29, 0.717) is 23.2 Å². The topological polar surface area (TPSA) is 92.4 Å². The zero-order chi connectivity index (χ0) is 16.8. The molecule has 1 aromatic carbocycles. The summed E-state index contributed by atoms with van der Waals surface area (Å²) >= 11 is 5.82. The SMILES string of the molecule is CC(CNC(=O)Cc1coc(-c2ccc(Cl)cc2)n1)CC(=O)O. The molecule has 1 amide bonds. The molecule has 1 atom stereocenters. The standard InChI is InChI=1S/C16H17ClN2O4/c1-10(6-15(21)22)8-18-14(20)7-13-9-23-16(19-13)11-2-4-12(17)5-3-11/h2-5,9-10H,6-8H2,1H3,(H,18,20)(H,21,22). The number of benzene rings is 1. The highest BCUT2D eigenvalue weighted by atomic mass is 35.5. The Hall–Kier alpha value is -2.34. The summed E-state index contributed by atoms with van der Waals surface area (Å²) in [6, 6.07) is 7.03. The monoisotopic (exact) mass is 336 g/mol. The predicted octanol–water partition coefficient (Wildman–Crippen LogP) is 2.76. The maximum atomic E-state index is 11.8. The average molecular weight is 337 g/mol. The van der Waals surface area contributed by atoms with Crippen molar-refractivity contribution in [1.29, 1.82) is 0 Å². The minimum absolute atomic E-state index is 0.0188. The van der Waals surface area contributed by atoms with E-state index in [-0.39, 0.29) is 24.7 Å². The van der Waals surface area contributed by atoms with E-state index in [0.717, 1.165) is 5.56 Å². The highest BCUT2D eigenvalue weighted by Crippen LogP contribution is 2.21. The van der Waals surface area contributed by atoms with E-state index in [1.165, 1.54) is 6.26 Å². The van der Waals surface area contributed by atoms with Crippen molar-refractivity contribution in [3.63, 3.8) is 0 Å². The van der Waals surface area contributed by atoms with Gasteiger partial charge in [0.15, 0.2) is 0 Å². The van der Waals surface area contributed by atoms with E-state index in [9.17, 15) is 9.59 Å². The minimum Gasteiger partial charge on any atom is -0.481 e. The normalized spacial score (nSPS) is 11.9. The molecule has 0 aliphatic carbocycles. The summed E-state index contributed by atoms with van der Waals surface area (Å²) in [4.78, 5) is 26.7. The van der Waals surface area contributed by atoms with E-state index in [4.69, 9.17) is 21.1 Å². The van der Waals surface area contributed by atoms with Crippen molar-refractivity contribution >= 4 is 23.5 Å². The lowest BCUT2D eigenvalue weighted by Gasteiger charge is -2.09. The molecule has 122 valence electrons. The Morgan fingerprint density at radius 3 is 2.70 bits per heavy atom. The number of nitrogens with one attached hydrogen (secondary N) is 1. The highest BCUT2D eigenvalue weighted by Gasteiger charge is 2.12. The number of carbonyl (C=O) groups excluding carboxylic acids is 1. The molecule has 0 aliphatic heterocycles. The molecule has 0 fully saturated rings. The summed E-state index contributed by atoms with van der Waals surface area (Å²) in [7, 11) is 0. The molecule has 23 heavy (non-hydrogen) atoms. The largest absolute Gasteiger partial charge is 0.481 e. The van der Waals surface area contributed by atoms with E-state index in [1.807, 2.05) is 0 Å². The Morgan fingerprint density at radius 1 is 1.35 bits per heavy atom. The van der Waals surface area contributed by atoms with Crippen molar-refractivity contribution in [2.75, 3.05) is 6.54 Å². The molecule has 0 radical (unpaired) electrons. The molecular formula is C16H17ClN2O4. The highest BCUT2D eigenvalue weighted by molar-refractivity contribution is 6.30. The van der Waals surface area contributed by atoms with Crippen LogP contribution in [0, 0.1) is 5.92 Å². The van der Waals surface area contributed by atoms with Gasteiger partial charge in [-0.3, -0.25) is 9.59 Å². The van der Waals surface area contributed by atoms with Gasteiger partial charge in [0, 0.05) is 23.6 Å². The Labute approximate surface area is 138 Å². The predicted molar refractivity (Wildman–Crippen MR) is 85.1 cm³/mol. The van der Waals surface area contributed by atoms with E-state index in [1.54, 1.807) is 31.2 Å². The first-order valence-corrected chi connectivity index (χ1v) is 7.50. The van der Waals surface area contributed by atoms with Crippen LogP contribution in [0.3, 0.4) is 0 Å². The molecule has 0 saturated carbocycles. The van der Waals surface area contributed by atoms with Gasteiger partial charge in [-0.05, 0) is 30.2 Å². The maximum absolute atomic E-state index is 11.8. The van der Waals surface area contributed by atoms with Gasteiger partial charge in [-0.15, -0.1) is 0 Å². The van der Waals surface area contributed by atoms with Crippen molar-refractivity contribution in [1.82, 2.24) is 10.3 Å². The molecule has 1 unspecified atom stereocenters. The molecule has 2 N–H and O–H groups in total. The Balaban J connectivity index is 1.87. The van der Waals surface area contributed by atoms with Gasteiger partial charge < -0.3 is 14.8 Å². The fourth-order valence-corrected chi connectivity index (χ4v) is 2.12. The number of hydrogen-bond donors (Lipinski definition) is 2. The second-order valence-corrected chi connectivity index (χ2v) is 5.77. The van der Waals surface area contributed by atoms with Crippen LogP contribution in [0.5, 0.6) is 0 Å². The number of hydrogen-bond acceptors (Lipinski definition) is 4. The lowest BCUT2D eigenvalue weighted by molar-refractivity contribution is -0.138. The van der Waals surface area contributed by atoms with Crippen LogP contribution in [0.25, 0.3) is 11.5 Å². The number of nitrogens with zero attached hydrogens (tertiary/aromatic N) is 1. The summed E-state index contributed by atoms with van der Waals surface area (Å²) < 4.78 is 5.36. The number of aliphatic carboxylic acids is 1. The maximum Gasteiger partial charge on any atom is 0.303 e. The number of amides is 1. The molecular weight excluding hydrogens is 320 g/mol. The fraction of sp³-hybridized carbons (Fsp3) is 0.312. The van der Waals surface area contributed by atoms with Gasteiger partial charge in [-0.25, -0.2) is 4.98 Å². The Morgan fingerprint density at radius 2 is 2.04 bits per heavy atom. The molecule has 1 aromatic heterocycles. The number of aromatic nitrogens is 1. The van der Waals surface area contributed by atoms with Crippen LogP contribution in [-0.4, -0.2) is 28.5 Å². The lowest BCUT2D eigenvalue weighted by atomic mass is 10.1. The second kappa shape index (κ2) is 7.78. The third kappa shape index (κ3) is 5.41. The van der Waals surface area contributed by atoms with Gasteiger partial charge in [-0.1, -0.05) is 18.5 Å². The number of carboxylic acid groups (broad SMARTS) is 1. The lowest BCUT2D eigenvalue weighted by Crippen LogP contribution is -2.30. The molecule has 0 aliphatic rings. The third-order valence-electron chi connectivity index (χ3n) is 3.16. The Kier molecular flexibility index (Phi) is 5.76. The van der Waals surface area contributed by atoms with E-state index in [2.05, 4.69) is 10.3 Å². The molecule has 7 heteroatoms. The van der Waals surface area contributed by atoms with Crippen LogP contribution in [0.1, 0.15) is 19.0 Å². The molecule has 1 heterocycles. The first-order valence-electron chi connectivity index (χ1n) is 7.13. The molecule has 0 spiro atoms. The smallest absolute Gasteiger partial charge is 0.303 e. The van der Waals surface area contributed by atoms with Crippen LogP contribution in [-0.2, 0) is 16.0 Å². The van der Waals surface area contributed by atoms with Crippen LogP contribution in [0.4, 0.5) is 0 Å². The zero-order valence-electron chi connectivity index (χ0n) is 12.6. The van der Waals surface area contributed by atoms with E-state index >= 15 is 0 Å². The van der Waals surface area contributed by atoms with Crippen molar-refractivity contribution < 1.29 is 19.1 Å². The average Bonchev–Trinajstić information content (AvgIpc) is 2.93. The zero-order valence-corrected chi connectivity index (χ0v) is 13.3. The van der Waals surface area contributed by atoms with Crippen molar-refractivity contribution in [2.45, 2.75) is 19.8 Å². The van der Waals surface area contributed by atoms with Gasteiger partial charge in [0.05, 0.1) is 12.1 Å². The van der Waals surface area contributed by atoms with Gasteiger partial charge in [0.1, 0.15) is 6.26 Å². The summed E-state index contributed by atoms with van der Waals surface area (Å²) in [6.45, 7) is 2.08. The number of oxazole rings is 1. The number of carbonyl (C=O) groups is 2. The third-order valence-corrected chi connectivity index (χ3v) is 3.41. The van der Waals surface area contributed by atoms with Gasteiger partial charge in [0.2, 0.25) is 11.8 Å². The minimum atomic E-state index is -0.879. The van der Waals surface area contributed by atoms with Crippen LogP contribution < -0.4 is 5.32 Å². The number of rotatable bonds is 7. The summed E-state index contributed by atoms with van der Waals surface area (Å²) in [5.74, 6) is -0.809. The van der Waals surface area contributed by atoms with Gasteiger partial charge in [0.25, 0.3) is 0 Å². The first-order chi connectivity index (χ1) is 10.9. The second-order valence-electron chi connectivity index (χ2n) is 5.33. The molecule has 2 rings (SSSR count). The van der Waals surface area contributed by atoms with Crippen LogP contribution >= 0.6 is 11.6 Å². The van der Waals surface area contributed by atoms with Crippen LogP contribution in [0.15, 0.2) is 34.9 Å². The van der Waals surface area contributed by atoms with Gasteiger partial charge >= 0.3 is 5.97 Å². The molecule has 0 bridgehead atoms. The van der Waals surface area contributed by atoms with Crippen molar-refractivity contribution in [2.24, 2.45) is 5.92 Å².